The smallest absolute Gasteiger partial charge is 0.195 e. The molecule has 0 aliphatic carbocycles. The van der Waals surface area contributed by atoms with Crippen molar-refractivity contribution in [1.82, 2.24) is 19.7 Å². The molecule has 0 bridgehead atoms. The van der Waals surface area contributed by atoms with Crippen LogP contribution in [0.25, 0.3) is 0 Å². The zero-order chi connectivity index (χ0) is 10.4. The molecule has 0 saturated carbocycles. The van der Waals surface area contributed by atoms with Gasteiger partial charge in [0.1, 0.15) is 5.82 Å². The van der Waals surface area contributed by atoms with Crippen LogP contribution in [0.5, 0.6) is 0 Å². The number of fused-ring (bicyclic) bond motifs is 1. The number of rotatable bonds is 1. The molecule has 0 radical (unpaired) electrons. The molecule has 1 N–H and O–H groups in total. The molecular formula is C10H16N4S. The molecule has 5 heteroatoms. The average Bonchev–Trinajstić information content (AvgIpc) is 2.84. The van der Waals surface area contributed by atoms with Crippen LogP contribution in [0.1, 0.15) is 31.1 Å². The maximum absolute atomic E-state index is 5.30. The number of H-pyrrole nitrogens is 1. The molecule has 3 rings (SSSR count). The Morgan fingerprint density at radius 2 is 2.20 bits per heavy atom. The van der Waals surface area contributed by atoms with Crippen molar-refractivity contribution in [3.05, 3.63) is 10.6 Å². The molecule has 3 heterocycles. The first-order chi connectivity index (χ1) is 7.27. The largest absolute Gasteiger partial charge is 0.300 e. The van der Waals surface area contributed by atoms with Crippen molar-refractivity contribution in [3.63, 3.8) is 0 Å². The summed E-state index contributed by atoms with van der Waals surface area (Å²) in [4.78, 5) is 2.60. The molecule has 15 heavy (non-hydrogen) atoms. The average molecular weight is 224 g/mol. The number of nitrogens with zero attached hydrogens (tertiary/aromatic N) is 3. The van der Waals surface area contributed by atoms with Crippen LogP contribution >= 0.6 is 12.2 Å². The van der Waals surface area contributed by atoms with Crippen molar-refractivity contribution < 1.29 is 0 Å². The Kier molecular flexibility index (Phi) is 2.17. The van der Waals surface area contributed by atoms with Gasteiger partial charge in [-0.3, -0.25) is 14.6 Å². The summed E-state index contributed by atoms with van der Waals surface area (Å²) in [6, 6.07) is 1.26. The van der Waals surface area contributed by atoms with Gasteiger partial charge >= 0.3 is 0 Å². The quantitative estimate of drug-likeness (QED) is 0.737. The van der Waals surface area contributed by atoms with Crippen molar-refractivity contribution in [2.24, 2.45) is 0 Å². The molecule has 1 aromatic heterocycles. The highest BCUT2D eigenvalue weighted by molar-refractivity contribution is 7.71. The molecule has 2 saturated heterocycles. The Bertz CT molecular complexity index is 421. The van der Waals surface area contributed by atoms with Gasteiger partial charge in [-0.25, -0.2) is 0 Å². The van der Waals surface area contributed by atoms with Crippen molar-refractivity contribution in [2.75, 3.05) is 13.1 Å². The van der Waals surface area contributed by atoms with Crippen LogP contribution in [0.3, 0.4) is 0 Å². The van der Waals surface area contributed by atoms with Crippen molar-refractivity contribution in [3.8, 4) is 0 Å². The van der Waals surface area contributed by atoms with Gasteiger partial charge in [-0.05, 0) is 44.9 Å². The van der Waals surface area contributed by atoms with Crippen LogP contribution in [0, 0.1) is 11.7 Å². The number of aromatic nitrogens is 3. The first-order valence-electron chi connectivity index (χ1n) is 5.65. The van der Waals surface area contributed by atoms with Gasteiger partial charge in [-0.2, -0.15) is 5.10 Å². The van der Waals surface area contributed by atoms with Gasteiger partial charge in [0, 0.05) is 12.6 Å². The highest BCUT2D eigenvalue weighted by Crippen LogP contribution is 2.36. The number of aromatic amines is 1. The van der Waals surface area contributed by atoms with Gasteiger partial charge in [0.05, 0.1) is 6.04 Å². The van der Waals surface area contributed by atoms with Gasteiger partial charge in [0.15, 0.2) is 4.77 Å². The summed E-state index contributed by atoms with van der Waals surface area (Å²) in [6.07, 6.45) is 3.88. The lowest BCUT2D eigenvalue weighted by Gasteiger charge is -2.21. The molecule has 2 atom stereocenters. The van der Waals surface area contributed by atoms with Gasteiger partial charge in [-0.1, -0.05) is 0 Å². The highest BCUT2D eigenvalue weighted by Gasteiger charge is 2.38. The standard InChI is InChI=1S/C10H16N4S/c1-7-11-12-10(15)14(7)9-4-6-13-5-2-3-8(9)13/h8-9H,2-6H2,1H3,(H,12,15). The summed E-state index contributed by atoms with van der Waals surface area (Å²) in [5, 5.41) is 7.09. The summed E-state index contributed by atoms with van der Waals surface area (Å²) >= 11 is 5.30. The van der Waals surface area contributed by atoms with E-state index < -0.39 is 0 Å². The summed E-state index contributed by atoms with van der Waals surface area (Å²) in [5.74, 6) is 1.03. The van der Waals surface area contributed by atoms with Crippen LogP contribution in [-0.2, 0) is 0 Å². The highest BCUT2D eigenvalue weighted by atomic mass is 32.1. The molecular weight excluding hydrogens is 208 g/mol. The lowest BCUT2D eigenvalue weighted by molar-refractivity contribution is 0.287. The SMILES string of the molecule is Cc1n[nH]c(=S)n1C1CCN2CCCC12. The first kappa shape index (κ1) is 9.54. The summed E-state index contributed by atoms with van der Waals surface area (Å²) in [6.45, 7) is 4.52. The minimum absolute atomic E-state index is 0.554. The third kappa shape index (κ3) is 1.37. The predicted molar refractivity (Wildman–Crippen MR) is 60.4 cm³/mol. The molecule has 82 valence electrons. The monoisotopic (exact) mass is 224 g/mol. The van der Waals surface area contributed by atoms with Gasteiger partial charge in [0.25, 0.3) is 0 Å². The molecule has 0 aromatic carbocycles. The second kappa shape index (κ2) is 3.42. The van der Waals surface area contributed by atoms with Crippen LogP contribution < -0.4 is 0 Å². The van der Waals surface area contributed by atoms with E-state index in [4.69, 9.17) is 12.2 Å². The van der Waals surface area contributed by atoms with Crippen LogP contribution in [-0.4, -0.2) is 38.8 Å². The molecule has 2 unspecified atom stereocenters. The van der Waals surface area contributed by atoms with E-state index in [0.29, 0.717) is 12.1 Å². The fraction of sp³-hybridized carbons (Fsp3) is 0.800. The maximum Gasteiger partial charge on any atom is 0.195 e. The summed E-state index contributed by atoms with van der Waals surface area (Å²) < 4.78 is 3.00. The lowest BCUT2D eigenvalue weighted by atomic mass is 10.1. The third-order valence-electron chi connectivity index (χ3n) is 3.78. The first-order valence-corrected chi connectivity index (χ1v) is 6.06. The topological polar surface area (TPSA) is 36.9 Å². The third-order valence-corrected chi connectivity index (χ3v) is 4.07. The molecule has 4 nitrogen and oxygen atoms in total. The second-order valence-corrected chi connectivity index (χ2v) is 4.93. The fourth-order valence-corrected chi connectivity index (χ4v) is 3.44. The molecule has 0 amide bonds. The minimum atomic E-state index is 0.554. The Morgan fingerprint density at radius 1 is 1.33 bits per heavy atom. The van der Waals surface area contributed by atoms with E-state index in [1.807, 2.05) is 6.92 Å². The number of nitrogens with one attached hydrogen (secondary N) is 1. The van der Waals surface area contributed by atoms with Crippen molar-refractivity contribution in [2.45, 2.75) is 38.3 Å². The minimum Gasteiger partial charge on any atom is -0.300 e. The molecule has 2 aliphatic heterocycles. The van der Waals surface area contributed by atoms with E-state index >= 15 is 0 Å². The summed E-state index contributed by atoms with van der Waals surface area (Å²) in [5.41, 5.74) is 0. The van der Waals surface area contributed by atoms with Crippen molar-refractivity contribution in [1.29, 1.82) is 0 Å². The van der Waals surface area contributed by atoms with E-state index in [1.54, 1.807) is 0 Å². The van der Waals surface area contributed by atoms with Crippen LogP contribution in [0.2, 0.25) is 0 Å². The molecule has 0 spiro atoms. The zero-order valence-electron chi connectivity index (χ0n) is 8.94. The normalized spacial score (nSPS) is 31.0. The molecule has 1 aromatic rings. The van der Waals surface area contributed by atoms with E-state index in [1.165, 1.54) is 32.4 Å². The van der Waals surface area contributed by atoms with E-state index in [-0.39, 0.29) is 0 Å². The number of aryl methyl sites for hydroxylation is 1. The Hall–Kier alpha value is -0.680. The Balaban J connectivity index is 1.98. The Morgan fingerprint density at radius 3 is 2.93 bits per heavy atom. The van der Waals surface area contributed by atoms with Gasteiger partial charge in [0.2, 0.25) is 0 Å². The van der Waals surface area contributed by atoms with Crippen molar-refractivity contribution >= 4 is 12.2 Å². The van der Waals surface area contributed by atoms with E-state index in [9.17, 15) is 0 Å². The van der Waals surface area contributed by atoms with Crippen LogP contribution in [0.15, 0.2) is 0 Å². The zero-order valence-corrected chi connectivity index (χ0v) is 9.76. The number of hydrogen-bond acceptors (Lipinski definition) is 3. The Labute approximate surface area is 94.3 Å². The van der Waals surface area contributed by atoms with E-state index in [2.05, 4.69) is 19.7 Å². The second-order valence-electron chi connectivity index (χ2n) is 4.55. The van der Waals surface area contributed by atoms with E-state index in [0.717, 1.165) is 10.6 Å². The predicted octanol–water partition coefficient (Wildman–Crippen LogP) is 1.66. The lowest BCUT2D eigenvalue weighted by Crippen LogP contribution is -2.28. The fourth-order valence-electron chi connectivity index (χ4n) is 3.13. The van der Waals surface area contributed by atoms with Gasteiger partial charge in [-0.15, -0.1) is 0 Å². The molecule has 2 aliphatic rings. The number of hydrogen-bond donors (Lipinski definition) is 1. The molecule has 2 fully saturated rings. The van der Waals surface area contributed by atoms with Gasteiger partial charge < -0.3 is 0 Å². The van der Waals surface area contributed by atoms with Crippen LogP contribution in [0.4, 0.5) is 0 Å². The summed E-state index contributed by atoms with van der Waals surface area (Å²) in [7, 11) is 0. The maximum atomic E-state index is 5.30.